The highest BCUT2D eigenvalue weighted by atomic mass is 16.3. The third-order valence-electron chi connectivity index (χ3n) is 2.40. The molecule has 1 aromatic carbocycles. The fourth-order valence-corrected chi connectivity index (χ4v) is 1.28. The molecular formula is C12H18N2O2. The maximum atomic E-state index is 11.7. The van der Waals surface area contributed by atoms with Crippen molar-refractivity contribution < 1.29 is 9.90 Å². The average molecular weight is 222 g/mol. The summed E-state index contributed by atoms with van der Waals surface area (Å²) in [5.74, 6) is -0.105. The summed E-state index contributed by atoms with van der Waals surface area (Å²) in [5, 5.41) is 11.7. The Kier molecular flexibility index (Phi) is 4.46. The van der Waals surface area contributed by atoms with Crippen LogP contribution in [-0.2, 0) is 11.4 Å². The predicted octanol–water partition coefficient (Wildman–Crippen LogP) is 1.10. The highest BCUT2D eigenvalue weighted by Crippen LogP contribution is 2.11. The fraction of sp³-hybridized carbons (Fsp3) is 0.417. The smallest absolute Gasteiger partial charge is 0.241 e. The lowest BCUT2D eigenvalue weighted by Gasteiger charge is -2.15. The van der Waals surface area contributed by atoms with Gasteiger partial charge in [0, 0.05) is 5.69 Å². The van der Waals surface area contributed by atoms with Gasteiger partial charge in [0.2, 0.25) is 5.91 Å². The quantitative estimate of drug-likeness (QED) is 0.714. The Morgan fingerprint density at radius 3 is 2.75 bits per heavy atom. The van der Waals surface area contributed by atoms with Gasteiger partial charge in [0.1, 0.15) is 0 Å². The Labute approximate surface area is 95.5 Å². The first-order valence-electron chi connectivity index (χ1n) is 5.31. The zero-order valence-electron chi connectivity index (χ0n) is 9.60. The molecular weight excluding hydrogens is 204 g/mol. The standard InChI is InChI=1S/C12H18N2O2/c1-8(2)11(13)12(16)14-10-5-3-4-9(6-10)7-15/h3-6,8,11,15H,7,13H2,1-2H3,(H,14,16)/t11-/m0/s1. The first-order valence-corrected chi connectivity index (χ1v) is 5.31. The molecule has 4 heteroatoms. The van der Waals surface area contributed by atoms with Crippen LogP contribution in [0.5, 0.6) is 0 Å². The van der Waals surface area contributed by atoms with Gasteiger partial charge in [-0.25, -0.2) is 0 Å². The molecule has 4 N–H and O–H groups in total. The van der Waals surface area contributed by atoms with Crippen molar-refractivity contribution >= 4 is 11.6 Å². The van der Waals surface area contributed by atoms with E-state index in [2.05, 4.69) is 5.32 Å². The summed E-state index contributed by atoms with van der Waals surface area (Å²) in [5.41, 5.74) is 7.14. The van der Waals surface area contributed by atoms with Crippen molar-refractivity contribution in [2.45, 2.75) is 26.5 Å². The van der Waals surface area contributed by atoms with Crippen molar-refractivity contribution in [3.63, 3.8) is 0 Å². The summed E-state index contributed by atoms with van der Waals surface area (Å²) in [6, 6.07) is 6.55. The SMILES string of the molecule is CC(C)[C@H](N)C(=O)Nc1cccc(CO)c1. The second-order valence-electron chi connectivity index (χ2n) is 4.12. The maximum absolute atomic E-state index is 11.7. The molecule has 1 aromatic rings. The van der Waals surface area contributed by atoms with E-state index in [1.165, 1.54) is 0 Å². The molecule has 0 radical (unpaired) electrons. The Morgan fingerprint density at radius 2 is 2.19 bits per heavy atom. The lowest BCUT2D eigenvalue weighted by Crippen LogP contribution is -2.39. The van der Waals surface area contributed by atoms with E-state index in [0.717, 1.165) is 5.56 Å². The summed E-state index contributed by atoms with van der Waals surface area (Å²) in [4.78, 5) is 11.7. The second kappa shape index (κ2) is 5.63. The Bertz CT molecular complexity index is 364. The van der Waals surface area contributed by atoms with E-state index in [-0.39, 0.29) is 18.4 Å². The molecule has 1 atom stereocenters. The van der Waals surface area contributed by atoms with Crippen LogP contribution in [-0.4, -0.2) is 17.1 Å². The monoisotopic (exact) mass is 222 g/mol. The molecule has 0 fully saturated rings. The van der Waals surface area contributed by atoms with Gasteiger partial charge in [-0.05, 0) is 23.6 Å². The number of anilines is 1. The molecule has 0 aliphatic carbocycles. The van der Waals surface area contributed by atoms with Crippen molar-refractivity contribution in [3.8, 4) is 0 Å². The van der Waals surface area contributed by atoms with Crippen LogP contribution in [0.3, 0.4) is 0 Å². The highest BCUT2D eigenvalue weighted by molar-refractivity contribution is 5.94. The molecule has 0 spiro atoms. The first-order chi connectivity index (χ1) is 7.54. The largest absolute Gasteiger partial charge is 0.392 e. The van der Waals surface area contributed by atoms with Gasteiger partial charge in [-0.2, -0.15) is 0 Å². The van der Waals surface area contributed by atoms with Gasteiger partial charge in [0.25, 0.3) is 0 Å². The predicted molar refractivity (Wildman–Crippen MR) is 63.8 cm³/mol. The number of aliphatic hydroxyl groups excluding tert-OH is 1. The number of carbonyl (C=O) groups excluding carboxylic acids is 1. The topological polar surface area (TPSA) is 75.4 Å². The Hall–Kier alpha value is -1.39. The molecule has 1 rings (SSSR count). The molecule has 0 aromatic heterocycles. The van der Waals surface area contributed by atoms with Crippen molar-refractivity contribution in [1.29, 1.82) is 0 Å². The van der Waals surface area contributed by atoms with Gasteiger partial charge in [-0.1, -0.05) is 26.0 Å². The number of amides is 1. The summed E-state index contributed by atoms with van der Waals surface area (Å²) < 4.78 is 0. The van der Waals surface area contributed by atoms with Crippen LogP contribution in [0.2, 0.25) is 0 Å². The molecule has 0 unspecified atom stereocenters. The summed E-state index contributed by atoms with van der Waals surface area (Å²) in [6.07, 6.45) is 0. The summed E-state index contributed by atoms with van der Waals surface area (Å²) in [6.45, 7) is 3.75. The second-order valence-corrected chi connectivity index (χ2v) is 4.12. The van der Waals surface area contributed by atoms with Crippen molar-refractivity contribution in [2.24, 2.45) is 11.7 Å². The molecule has 0 aliphatic heterocycles. The van der Waals surface area contributed by atoms with E-state index >= 15 is 0 Å². The Morgan fingerprint density at radius 1 is 1.50 bits per heavy atom. The van der Waals surface area contributed by atoms with Gasteiger partial charge >= 0.3 is 0 Å². The third kappa shape index (κ3) is 3.32. The van der Waals surface area contributed by atoms with E-state index in [0.29, 0.717) is 5.69 Å². The van der Waals surface area contributed by atoms with Crippen LogP contribution in [0.1, 0.15) is 19.4 Å². The number of benzene rings is 1. The summed E-state index contributed by atoms with van der Waals surface area (Å²) >= 11 is 0. The van der Waals surface area contributed by atoms with Crippen LogP contribution < -0.4 is 11.1 Å². The molecule has 16 heavy (non-hydrogen) atoms. The minimum Gasteiger partial charge on any atom is -0.392 e. The third-order valence-corrected chi connectivity index (χ3v) is 2.40. The van der Waals surface area contributed by atoms with Crippen molar-refractivity contribution in [2.75, 3.05) is 5.32 Å². The number of hydrogen-bond acceptors (Lipinski definition) is 3. The Balaban J connectivity index is 2.69. The van der Waals surface area contributed by atoms with Crippen molar-refractivity contribution in [3.05, 3.63) is 29.8 Å². The molecule has 0 aliphatic rings. The number of nitrogens with two attached hydrogens (primary N) is 1. The van der Waals surface area contributed by atoms with Gasteiger partial charge in [0.05, 0.1) is 12.6 Å². The normalized spacial score (nSPS) is 12.6. The molecule has 0 saturated heterocycles. The maximum Gasteiger partial charge on any atom is 0.241 e. The lowest BCUT2D eigenvalue weighted by atomic mass is 10.0. The molecule has 0 saturated carbocycles. The van der Waals surface area contributed by atoms with Crippen LogP contribution in [0.4, 0.5) is 5.69 Å². The van der Waals surface area contributed by atoms with Gasteiger partial charge < -0.3 is 16.2 Å². The van der Waals surface area contributed by atoms with E-state index < -0.39 is 6.04 Å². The van der Waals surface area contributed by atoms with Crippen LogP contribution in [0.15, 0.2) is 24.3 Å². The van der Waals surface area contributed by atoms with E-state index in [1.807, 2.05) is 13.8 Å². The summed E-state index contributed by atoms with van der Waals surface area (Å²) in [7, 11) is 0. The minimum absolute atomic E-state index is 0.0417. The van der Waals surface area contributed by atoms with Crippen LogP contribution in [0.25, 0.3) is 0 Å². The number of nitrogens with one attached hydrogen (secondary N) is 1. The molecule has 0 bridgehead atoms. The van der Waals surface area contributed by atoms with Crippen LogP contribution in [0, 0.1) is 5.92 Å². The zero-order chi connectivity index (χ0) is 12.1. The number of hydrogen-bond donors (Lipinski definition) is 3. The highest BCUT2D eigenvalue weighted by Gasteiger charge is 2.16. The van der Waals surface area contributed by atoms with Crippen molar-refractivity contribution in [1.82, 2.24) is 0 Å². The first kappa shape index (κ1) is 12.7. The van der Waals surface area contributed by atoms with E-state index in [4.69, 9.17) is 10.8 Å². The zero-order valence-corrected chi connectivity index (χ0v) is 9.60. The lowest BCUT2D eigenvalue weighted by molar-refractivity contribution is -0.118. The van der Waals surface area contributed by atoms with Gasteiger partial charge in [0.15, 0.2) is 0 Å². The van der Waals surface area contributed by atoms with E-state index in [1.54, 1.807) is 24.3 Å². The molecule has 0 heterocycles. The molecule has 88 valence electrons. The number of aliphatic hydroxyl groups is 1. The van der Waals surface area contributed by atoms with Gasteiger partial charge in [-0.3, -0.25) is 4.79 Å². The number of carbonyl (C=O) groups is 1. The molecule has 1 amide bonds. The fourth-order valence-electron chi connectivity index (χ4n) is 1.28. The average Bonchev–Trinajstić information content (AvgIpc) is 2.28. The van der Waals surface area contributed by atoms with E-state index in [9.17, 15) is 4.79 Å². The van der Waals surface area contributed by atoms with Crippen LogP contribution >= 0.6 is 0 Å². The van der Waals surface area contributed by atoms with Gasteiger partial charge in [-0.15, -0.1) is 0 Å². The molecule has 4 nitrogen and oxygen atoms in total. The minimum atomic E-state index is -0.516. The number of rotatable bonds is 4.